The van der Waals surface area contributed by atoms with E-state index in [4.69, 9.17) is 9.79 Å². The zero-order chi connectivity index (χ0) is 17.3. The molecule has 24 heavy (non-hydrogen) atoms. The van der Waals surface area contributed by atoms with E-state index in [1.807, 2.05) is 12.1 Å². The van der Waals surface area contributed by atoms with Crippen molar-refractivity contribution in [2.45, 2.75) is 38.0 Å². The van der Waals surface area contributed by atoms with Gasteiger partial charge in [0.15, 0.2) is 0 Å². The van der Waals surface area contributed by atoms with E-state index in [1.54, 1.807) is 0 Å². The van der Waals surface area contributed by atoms with Crippen LogP contribution >= 0.6 is 7.82 Å². The van der Waals surface area contributed by atoms with Crippen molar-refractivity contribution < 1.29 is 18.9 Å². The monoisotopic (exact) mass is 348 g/mol. The number of phosphoric ester groups is 1. The van der Waals surface area contributed by atoms with Crippen molar-refractivity contribution in [3.05, 3.63) is 71.8 Å². The van der Waals surface area contributed by atoms with Gasteiger partial charge in [0.25, 0.3) is 0 Å². The Balaban J connectivity index is 1.81. The Hall–Kier alpha value is -1.45. The lowest BCUT2D eigenvalue weighted by Gasteiger charge is -2.18. The van der Waals surface area contributed by atoms with Crippen molar-refractivity contribution in [2.75, 3.05) is 6.61 Å². The first-order chi connectivity index (χ1) is 11.6. The molecular weight excluding hydrogens is 323 g/mol. The van der Waals surface area contributed by atoms with Crippen molar-refractivity contribution in [1.82, 2.24) is 0 Å². The van der Waals surface area contributed by atoms with Crippen molar-refractivity contribution in [1.29, 1.82) is 0 Å². The lowest BCUT2D eigenvalue weighted by atomic mass is 9.87. The predicted octanol–water partition coefficient (Wildman–Crippen LogP) is 4.88. The lowest BCUT2D eigenvalue weighted by molar-refractivity contribution is 0.193. The largest absolute Gasteiger partial charge is 0.469 e. The summed E-state index contributed by atoms with van der Waals surface area (Å²) in [5, 5.41) is 0. The van der Waals surface area contributed by atoms with Crippen LogP contribution in [0.5, 0.6) is 0 Å². The Morgan fingerprint density at radius 2 is 1.29 bits per heavy atom. The Kier molecular flexibility index (Phi) is 7.67. The Morgan fingerprint density at radius 3 is 1.79 bits per heavy atom. The molecule has 0 aliphatic rings. The van der Waals surface area contributed by atoms with Crippen LogP contribution in [0.3, 0.4) is 0 Å². The maximum Gasteiger partial charge on any atom is 0.469 e. The number of hydrogen-bond donors (Lipinski definition) is 2. The molecule has 0 unspecified atom stereocenters. The van der Waals surface area contributed by atoms with E-state index >= 15 is 0 Å². The van der Waals surface area contributed by atoms with Crippen LogP contribution in [0, 0.1) is 0 Å². The molecule has 0 fully saturated rings. The summed E-state index contributed by atoms with van der Waals surface area (Å²) >= 11 is 0. The predicted molar refractivity (Wildman–Crippen MR) is 95.8 cm³/mol. The van der Waals surface area contributed by atoms with Gasteiger partial charge in [0.2, 0.25) is 0 Å². The highest BCUT2D eigenvalue weighted by molar-refractivity contribution is 7.46. The highest BCUT2D eigenvalue weighted by Gasteiger charge is 2.14. The second kappa shape index (κ2) is 9.75. The van der Waals surface area contributed by atoms with Crippen LogP contribution in [-0.4, -0.2) is 16.4 Å². The van der Waals surface area contributed by atoms with Crippen LogP contribution in [0.4, 0.5) is 0 Å². The molecule has 0 aromatic heterocycles. The fraction of sp³-hybridized carbons (Fsp3) is 0.368. The van der Waals surface area contributed by atoms with Gasteiger partial charge in [-0.25, -0.2) is 4.57 Å². The molecule has 0 amide bonds. The minimum absolute atomic E-state index is 0.116. The van der Waals surface area contributed by atoms with Gasteiger partial charge in [-0.1, -0.05) is 79.9 Å². The van der Waals surface area contributed by atoms with Gasteiger partial charge in [-0.3, -0.25) is 4.52 Å². The van der Waals surface area contributed by atoms with Gasteiger partial charge in [-0.2, -0.15) is 0 Å². The van der Waals surface area contributed by atoms with Crippen LogP contribution in [0.1, 0.15) is 49.1 Å². The Labute approximate surface area is 143 Å². The van der Waals surface area contributed by atoms with Crippen molar-refractivity contribution >= 4 is 7.82 Å². The smallest absolute Gasteiger partial charge is 0.303 e. The van der Waals surface area contributed by atoms with Gasteiger partial charge in [-0.05, 0) is 24.0 Å². The van der Waals surface area contributed by atoms with E-state index in [-0.39, 0.29) is 6.61 Å². The molecule has 2 aromatic carbocycles. The van der Waals surface area contributed by atoms with Crippen LogP contribution in [0.25, 0.3) is 0 Å². The third-order valence-corrected chi connectivity index (χ3v) is 4.57. The number of benzene rings is 2. The zero-order valence-corrected chi connectivity index (χ0v) is 14.6. The zero-order valence-electron chi connectivity index (χ0n) is 13.8. The second-order valence-corrected chi connectivity index (χ2v) is 7.14. The Morgan fingerprint density at radius 1 is 0.792 bits per heavy atom. The first kappa shape index (κ1) is 18.9. The molecular formula is C19H25O4P. The standard InChI is InChI=1S/C19H25O4P/c20-24(21,22)23-16-10-2-1-9-15-19(17-11-5-3-6-12-17)18-13-7-4-8-14-18/h3-8,11-14,19H,1-2,9-10,15-16H2,(H2,20,21,22). The summed E-state index contributed by atoms with van der Waals surface area (Å²) in [6.07, 6.45) is 4.75. The third kappa shape index (κ3) is 6.98. The molecule has 0 bridgehead atoms. The van der Waals surface area contributed by atoms with E-state index in [2.05, 4.69) is 53.1 Å². The van der Waals surface area contributed by atoms with Gasteiger partial charge < -0.3 is 9.79 Å². The summed E-state index contributed by atoms with van der Waals surface area (Å²) in [6.45, 7) is 0.116. The van der Waals surface area contributed by atoms with Gasteiger partial charge >= 0.3 is 7.82 Å². The van der Waals surface area contributed by atoms with Crippen LogP contribution in [0.15, 0.2) is 60.7 Å². The molecule has 2 aromatic rings. The summed E-state index contributed by atoms with van der Waals surface area (Å²) in [5.74, 6) is 0.388. The summed E-state index contributed by atoms with van der Waals surface area (Å²) < 4.78 is 15.1. The fourth-order valence-corrected chi connectivity index (χ4v) is 3.25. The van der Waals surface area contributed by atoms with Gasteiger partial charge in [0, 0.05) is 5.92 Å². The second-order valence-electron chi connectivity index (χ2n) is 5.90. The van der Waals surface area contributed by atoms with Crippen molar-refractivity contribution in [3.8, 4) is 0 Å². The average molecular weight is 348 g/mol. The molecule has 4 nitrogen and oxygen atoms in total. The molecule has 0 heterocycles. The average Bonchev–Trinajstić information content (AvgIpc) is 2.58. The summed E-state index contributed by atoms with van der Waals surface area (Å²) in [6, 6.07) is 21.1. The van der Waals surface area contributed by atoms with E-state index in [0.29, 0.717) is 12.3 Å². The molecule has 0 saturated carbocycles. The van der Waals surface area contributed by atoms with Crippen LogP contribution in [0.2, 0.25) is 0 Å². The van der Waals surface area contributed by atoms with Gasteiger partial charge in [-0.15, -0.1) is 0 Å². The number of unbranched alkanes of at least 4 members (excludes halogenated alkanes) is 3. The van der Waals surface area contributed by atoms with Crippen LogP contribution < -0.4 is 0 Å². The first-order valence-corrected chi connectivity index (χ1v) is 9.89. The number of hydrogen-bond acceptors (Lipinski definition) is 2. The summed E-state index contributed by atoms with van der Waals surface area (Å²) in [7, 11) is -4.32. The maximum absolute atomic E-state index is 10.6. The molecule has 0 spiro atoms. The highest BCUT2D eigenvalue weighted by Crippen LogP contribution is 2.36. The SMILES string of the molecule is O=P(O)(O)OCCCCCCC(c1ccccc1)c1ccccc1. The number of rotatable bonds is 10. The quantitative estimate of drug-likeness (QED) is 0.474. The van der Waals surface area contributed by atoms with E-state index in [1.165, 1.54) is 11.1 Å². The molecule has 0 aliphatic heterocycles. The maximum atomic E-state index is 10.6. The summed E-state index contributed by atoms with van der Waals surface area (Å²) in [4.78, 5) is 17.3. The normalized spacial score (nSPS) is 11.8. The molecule has 0 atom stereocenters. The lowest BCUT2D eigenvalue weighted by Crippen LogP contribution is -2.01. The number of phosphoric acid groups is 1. The van der Waals surface area contributed by atoms with Gasteiger partial charge in [0.1, 0.15) is 0 Å². The van der Waals surface area contributed by atoms with Crippen molar-refractivity contribution in [2.24, 2.45) is 0 Å². The molecule has 0 radical (unpaired) electrons. The van der Waals surface area contributed by atoms with Gasteiger partial charge in [0.05, 0.1) is 6.61 Å². The minimum atomic E-state index is -4.32. The Bertz CT molecular complexity index is 585. The first-order valence-electron chi connectivity index (χ1n) is 8.36. The highest BCUT2D eigenvalue weighted by atomic mass is 31.2. The van der Waals surface area contributed by atoms with E-state index in [9.17, 15) is 4.57 Å². The topological polar surface area (TPSA) is 66.8 Å². The molecule has 0 aliphatic carbocycles. The molecule has 2 rings (SSSR count). The van der Waals surface area contributed by atoms with Crippen molar-refractivity contribution in [3.63, 3.8) is 0 Å². The fourth-order valence-electron chi connectivity index (χ4n) is 2.88. The molecule has 2 N–H and O–H groups in total. The molecule has 0 saturated heterocycles. The van der Waals surface area contributed by atoms with E-state index < -0.39 is 7.82 Å². The third-order valence-electron chi connectivity index (χ3n) is 4.05. The van der Waals surface area contributed by atoms with E-state index in [0.717, 1.165) is 25.7 Å². The van der Waals surface area contributed by atoms with Crippen LogP contribution in [-0.2, 0) is 9.09 Å². The minimum Gasteiger partial charge on any atom is -0.303 e. The molecule has 130 valence electrons. The summed E-state index contributed by atoms with van der Waals surface area (Å²) in [5.41, 5.74) is 2.65. The molecule has 5 heteroatoms.